The highest BCUT2D eigenvalue weighted by Gasteiger charge is 2.22. The first-order chi connectivity index (χ1) is 15.5. The molecule has 6 nitrogen and oxygen atoms in total. The standard InChI is InChI=1S/C25H20BN2O4/c1-26-22-13-7-8-16(27-22)14-28-15-20(24(30)19-11-5-6-12-21(19)28)23(29)17-9-3-4-10-18(17)25(31)32-2/h3-13,15H,14H2,1-2H3. The fraction of sp³-hybridized carbons (Fsp3) is 0.120. The summed E-state index contributed by atoms with van der Waals surface area (Å²) in [5.74, 6) is -1.16. The maximum Gasteiger partial charge on any atom is 0.338 e. The summed E-state index contributed by atoms with van der Waals surface area (Å²) in [5, 5.41) is 0.423. The van der Waals surface area contributed by atoms with Crippen LogP contribution in [-0.4, -0.2) is 35.7 Å². The molecule has 2 aromatic heterocycles. The summed E-state index contributed by atoms with van der Waals surface area (Å²) >= 11 is 0. The van der Waals surface area contributed by atoms with Gasteiger partial charge in [0.25, 0.3) is 0 Å². The highest BCUT2D eigenvalue weighted by Crippen LogP contribution is 2.18. The zero-order valence-electron chi connectivity index (χ0n) is 17.7. The smallest absolute Gasteiger partial charge is 0.338 e. The number of methoxy groups -OCH3 is 1. The molecule has 0 fully saturated rings. The molecule has 4 aromatic rings. The Morgan fingerprint density at radius 3 is 2.41 bits per heavy atom. The lowest BCUT2D eigenvalue weighted by molar-refractivity contribution is 0.0597. The Kier molecular flexibility index (Phi) is 5.99. The Hall–Kier alpha value is -4.00. The molecule has 32 heavy (non-hydrogen) atoms. The molecule has 0 atom stereocenters. The van der Waals surface area contributed by atoms with Crippen LogP contribution in [0, 0.1) is 0 Å². The van der Waals surface area contributed by atoms with E-state index in [0.29, 0.717) is 17.4 Å². The fourth-order valence-electron chi connectivity index (χ4n) is 3.67. The first-order valence-corrected chi connectivity index (χ1v) is 10.1. The number of ketones is 1. The predicted octanol–water partition coefficient (Wildman–Crippen LogP) is 2.84. The summed E-state index contributed by atoms with van der Waals surface area (Å²) < 4.78 is 6.64. The van der Waals surface area contributed by atoms with Crippen LogP contribution in [0.25, 0.3) is 10.9 Å². The molecule has 0 N–H and O–H groups in total. The molecule has 1 radical (unpaired) electrons. The Bertz CT molecular complexity index is 1390. The van der Waals surface area contributed by atoms with E-state index in [9.17, 15) is 14.4 Å². The molecule has 0 bridgehead atoms. The summed E-state index contributed by atoms with van der Waals surface area (Å²) in [6.45, 7) is 2.29. The fourth-order valence-corrected chi connectivity index (χ4v) is 3.67. The minimum absolute atomic E-state index is 0.0155. The third-order valence-electron chi connectivity index (χ3n) is 5.27. The Morgan fingerprint density at radius 1 is 0.938 bits per heavy atom. The second kappa shape index (κ2) is 9.02. The molecule has 2 heterocycles. The quantitative estimate of drug-likeness (QED) is 0.271. The molecule has 2 aromatic carbocycles. The maximum absolute atomic E-state index is 13.4. The van der Waals surface area contributed by atoms with Crippen molar-refractivity contribution in [3.63, 3.8) is 0 Å². The van der Waals surface area contributed by atoms with Gasteiger partial charge in [0.15, 0.2) is 13.1 Å². The van der Waals surface area contributed by atoms with Gasteiger partial charge < -0.3 is 9.30 Å². The van der Waals surface area contributed by atoms with Crippen LogP contribution in [0.15, 0.2) is 77.7 Å². The summed E-state index contributed by atoms with van der Waals surface area (Å²) in [5.41, 5.74) is 2.18. The van der Waals surface area contributed by atoms with Crippen LogP contribution in [0.3, 0.4) is 0 Å². The summed E-state index contributed by atoms with van der Waals surface area (Å²) in [6.07, 6.45) is 1.55. The van der Waals surface area contributed by atoms with E-state index in [1.807, 2.05) is 49.0 Å². The minimum atomic E-state index is -0.633. The normalized spacial score (nSPS) is 10.7. The first-order valence-electron chi connectivity index (χ1n) is 10.1. The topological polar surface area (TPSA) is 78.3 Å². The van der Waals surface area contributed by atoms with Crippen molar-refractivity contribution in [1.29, 1.82) is 0 Å². The van der Waals surface area contributed by atoms with Gasteiger partial charge >= 0.3 is 5.97 Å². The van der Waals surface area contributed by atoms with E-state index in [1.165, 1.54) is 19.2 Å². The predicted molar refractivity (Wildman–Crippen MR) is 124 cm³/mol. The van der Waals surface area contributed by atoms with Crippen molar-refractivity contribution in [1.82, 2.24) is 9.55 Å². The molecule has 0 aliphatic rings. The number of carbonyl (C=O) groups excluding carboxylic acids is 2. The molecule has 7 heteroatoms. The number of hydrogen-bond acceptors (Lipinski definition) is 5. The Balaban J connectivity index is 1.88. The van der Waals surface area contributed by atoms with Gasteiger partial charge in [-0.2, -0.15) is 0 Å². The average Bonchev–Trinajstić information content (AvgIpc) is 2.85. The minimum Gasteiger partial charge on any atom is -0.465 e. The molecule has 0 aliphatic heterocycles. The molecule has 4 rings (SSSR count). The SMILES string of the molecule is C[B]c1cccc(Cn2cc(C(=O)c3ccccc3C(=O)OC)c(=O)c3ccccc32)n1. The van der Waals surface area contributed by atoms with E-state index >= 15 is 0 Å². The lowest BCUT2D eigenvalue weighted by atomic mass is 9.77. The van der Waals surface area contributed by atoms with Gasteiger partial charge in [-0.1, -0.05) is 49.3 Å². The second-order valence-electron chi connectivity index (χ2n) is 7.23. The van der Waals surface area contributed by atoms with E-state index in [1.54, 1.807) is 30.5 Å². The summed E-state index contributed by atoms with van der Waals surface area (Å²) in [7, 11) is 3.16. The molecule has 0 saturated carbocycles. The highest BCUT2D eigenvalue weighted by atomic mass is 16.5. The van der Waals surface area contributed by atoms with Crippen LogP contribution in [0.1, 0.15) is 32.0 Å². The number of hydrogen-bond donors (Lipinski definition) is 0. The van der Waals surface area contributed by atoms with Crippen molar-refractivity contribution in [3.05, 3.63) is 106 Å². The number of carbonyl (C=O) groups is 2. The largest absolute Gasteiger partial charge is 0.465 e. The Labute approximate surface area is 185 Å². The second-order valence-corrected chi connectivity index (χ2v) is 7.23. The van der Waals surface area contributed by atoms with Crippen molar-refractivity contribution in [2.75, 3.05) is 7.11 Å². The van der Waals surface area contributed by atoms with Crippen molar-refractivity contribution in [3.8, 4) is 0 Å². The number of ether oxygens (including phenoxy) is 1. The van der Waals surface area contributed by atoms with Gasteiger partial charge in [-0.3, -0.25) is 14.6 Å². The number of benzene rings is 2. The number of aromatic nitrogens is 2. The first kappa shape index (κ1) is 21.2. The van der Waals surface area contributed by atoms with Gasteiger partial charge in [-0.25, -0.2) is 4.79 Å². The number of pyridine rings is 2. The van der Waals surface area contributed by atoms with Crippen LogP contribution >= 0.6 is 0 Å². The molecular formula is C25H20BN2O4. The monoisotopic (exact) mass is 423 g/mol. The van der Waals surface area contributed by atoms with Crippen LogP contribution in [0.5, 0.6) is 0 Å². The summed E-state index contributed by atoms with van der Waals surface area (Å²) in [4.78, 5) is 43.4. The number of fused-ring (bicyclic) bond motifs is 1. The molecule has 0 amide bonds. The van der Waals surface area contributed by atoms with E-state index in [0.717, 1.165) is 11.3 Å². The summed E-state index contributed by atoms with van der Waals surface area (Å²) in [6, 6.07) is 19.2. The van der Waals surface area contributed by atoms with Crippen LogP contribution in [0.4, 0.5) is 0 Å². The van der Waals surface area contributed by atoms with E-state index in [-0.39, 0.29) is 22.1 Å². The van der Waals surface area contributed by atoms with Crippen molar-refractivity contribution in [2.45, 2.75) is 13.4 Å². The van der Waals surface area contributed by atoms with E-state index in [2.05, 4.69) is 4.98 Å². The van der Waals surface area contributed by atoms with Gasteiger partial charge in [0, 0.05) is 17.1 Å². The molecule has 0 saturated heterocycles. The molecule has 0 aliphatic carbocycles. The lowest BCUT2D eigenvalue weighted by Crippen LogP contribution is -2.23. The zero-order chi connectivity index (χ0) is 22.7. The lowest BCUT2D eigenvalue weighted by Gasteiger charge is -2.14. The maximum atomic E-state index is 13.4. The number of nitrogens with zero attached hydrogens (tertiary/aromatic N) is 2. The molecule has 0 spiro atoms. The molecule has 157 valence electrons. The average molecular weight is 423 g/mol. The third-order valence-corrected chi connectivity index (χ3v) is 5.27. The third kappa shape index (κ3) is 3.97. The van der Waals surface area contributed by atoms with Gasteiger partial charge in [0.1, 0.15) is 0 Å². The number of esters is 1. The van der Waals surface area contributed by atoms with E-state index < -0.39 is 11.8 Å². The van der Waals surface area contributed by atoms with Crippen molar-refractivity contribution < 1.29 is 14.3 Å². The Morgan fingerprint density at radius 2 is 1.66 bits per heavy atom. The van der Waals surface area contributed by atoms with Gasteiger partial charge in [-0.15, -0.1) is 0 Å². The molecule has 0 unspecified atom stereocenters. The van der Waals surface area contributed by atoms with Crippen LogP contribution in [0.2, 0.25) is 6.82 Å². The van der Waals surface area contributed by atoms with E-state index in [4.69, 9.17) is 4.74 Å². The van der Waals surface area contributed by atoms with Crippen LogP contribution in [-0.2, 0) is 11.3 Å². The highest BCUT2D eigenvalue weighted by molar-refractivity contribution is 6.50. The zero-order valence-corrected chi connectivity index (χ0v) is 17.7. The number of rotatable bonds is 6. The van der Waals surface area contributed by atoms with Crippen molar-refractivity contribution >= 4 is 35.5 Å². The van der Waals surface area contributed by atoms with Crippen molar-refractivity contribution in [2.24, 2.45) is 0 Å². The van der Waals surface area contributed by atoms with Gasteiger partial charge in [0.2, 0.25) is 5.43 Å². The van der Waals surface area contributed by atoms with Gasteiger partial charge in [0.05, 0.1) is 36.0 Å². The van der Waals surface area contributed by atoms with Crippen LogP contribution < -0.4 is 11.0 Å². The molecular weight excluding hydrogens is 403 g/mol. The van der Waals surface area contributed by atoms with Gasteiger partial charge in [-0.05, 0) is 29.9 Å². The number of para-hydroxylation sites is 1.